The van der Waals surface area contributed by atoms with Crippen LogP contribution < -0.4 is 5.32 Å². The molecule has 0 aliphatic heterocycles. The predicted molar refractivity (Wildman–Crippen MR) is 115 cm³/mol. The highest BCUT2D eigenvalue weighted by molar-refractivity contribution is 9.10. The number of carbonyl (C=O) groups is 1. The van der Waals surface area contributed by atoms with Crippen molar-refractivity contribution in [1.82, 2.24) is 9.97 Å². The topological polar surface area (TPSA) is 54.9 Å². The molecular formula is C18H16BrN3OS3. The van der Waals surface area contributed by atoms with Crippen molar-refractivity contribution < 1.29 is 4.79 Å². The quantitative estimate of drug-likeness (QED) is 0.310. The van der Waals surface area contributed by atoms with E-state index in [1.165, 1.54) is 34.0 Å². The molecule has 1 amide bonds. The average molecular weight is 466 g/mol. The van der Waals surface area contributed by atoms with Crippen molar-refractivity contribution in [3.8, 4) is 0 Å². The number of carbonyl (C=O) groups excluding carboxylic acids is 1. The zero-order valence-electron chi connectivity index (χ0n) is 14.0. The second-order valence-corrected chi connectivity index (χ2v) is 9.63. The summed E-state index contributed by atoms with van der Waals surface area (Å²) in [6.07, 6.45) is 5.42. The van der Waals surface area contributed by atoms with Gasteiger partial charge in [-0.1, -0.05) is 39.5 Å². The lowest BCUT2D eigenvalue weighted by molar-refractivity contribution is -0.113. The molecule has 0 bridgehead atoms. The number of hydrogen-bond donors (Lipinski definition) is 1. The summed E-state index contributed by atoms with van der Waals surface area (Å²) >= 11 is 8.23. The number of rotatable bonds is 5. The van der Waals surface area contributed by atoms with E-state index in [4.69, 9.17) is 4.98 Å². The SMILES string of the molecule is CSc1nc(SCC(=O)Nc2ccc(Br)cc2)c2c3c(sc2n1)CCC3. The number of benzene rings is 1. The molecule has 26 heavy (non-hydrogen) atoms. The molecule has 0 radical (unpaired) electrons. The standard InChI is InChI=1S/C18H16BrN3OS3/c1-24-18-21-16(15-12-3-2-4-13(12)26-17(15)22-18)25-9-14(23)20-11-7-5-10(19)6-8-11/h5-8H,2-4,9H2,1H3,(H,20,23). The molecule has 2 heterocycles. The molecule has 1 aliphatic rings. The number of aromatic nitrogens is 2. The first-order valence-corrected chi connectivity index (χ1v) is 12.0. The Kier molecular flexibility index (Phi) is 5.54. The van der Waals surface area contributed by atoms with Crippen molar-refractivity contribution in [2.45, 2.75) is 29.4 Å². The summed E-state index contributed by atoms with van der Waals surface area (Å²) in [5.41, 5.74) is 2.20. The lowest BCUT2D eigenvalue weighted by Gasteiger charge is -2.07. The number of anilines is 1. The maximum atomic E-state index is 12.3. The zero-order chi connectivity index (χ0) is 18.1. The first-order chi connectivity index (χ1) is 12.6. The van der Waals surface area contributed by atoms with Crippen molar-refractivity contribution >= 4 is 72.6 Å². The van der Waals surface area contributed by atoms with E-state index in [9.17, 15) is 4.79 Å². The molecular weight excluding hydrogens is 450 g/mol. The van der Waals surface area contributed by atoms with Crippen LogP contribution in [-0.2, 0) is 17.6 Å². The first kappa shape index (κ1) is 18.3. The average Bonchev–Trinajstić information content (AvgIpc) is 3.22. The van der Waals surface area contributed by atoms with E-state index in [2.05, 4.69) is 26.2 Å². The van der Waals surface area contributed by atoms with E-state index in [-0.39, 0.29) is 5.91 Å². The van der Waals surface area contributed by atoms with E-state index in [1.807, 2.05) is 30.5 Å². The van der Waals surface area contributed by atoms with Crippen molar-refractivity contribution in [1.29, 1.82) is 0 Å². The van der Waals surface area contributed by atoms with Gasteiger partial charge in [0.1, 0.15) is 9.86 Å². The van der Waals surface area contributed by atoms with Gasteiger partial charge in [-0.3, -0.25) is 4.79 Å². The minimum atomic E-state index is -0.0262. The normalized spacial score (nSPS) is 13.2. The van der Waals surface area contributed by atoms with E-state index in [0.717, 1.165) is 38.0 Å². The lowest BCUT2D eigenvalue weighted by atomic mass is 10.2. The van der Waals surface area contributed by atoms with Crippen LogP contribution in [0, 0.1) is 0 Å². The molecule has 0 saturated carbocycles. The molecule has 8 heteroatoms. The molecule has 0 spiro atoms. The van der Waals surface area contributed by atoms with Crippen LogP contribution in [0.3, 0.4) is 0 Å². The maximum Gasteiger partial charge on any atom is 0.234 e. The van der Waals surface area contributed by atoms with Gasteiger partial charge in [0.25, 0.3) is 0 Å². The van der Waals surface area contributed by atoms with Crippen molar-refractivity contribution in [2.75, 3.05) is 17.3 Å². The molecule has 1 aliphatic carbocycles. The number of nitrogens with zero attached hydrogens (tertiary/aromatic N) is 2. The minimum Gasteiger partial charge on any atom is -0.325 e. The number of hydrogen-bond acceptors (Lipinski definition) is 6. The molecule has 0 fully saturated rings. The zero-order valence-corrected chi connectivity index (χ0v) is 18.1. The first-order valence-electron chi connectivity index (χ1n) is 8.18. The van der Waals surface area contributed by atoms with E-state index >= 15 is 0 Å². The Labute approximate surface area is 172 Å². The summed E-state index contributed by atoms with van der Waals surface area (Å²) in [6, 6.07) is 7.59. The fraction of sp³-hybridized carbons (Fsp3) is 0.278. The highest BCUT2D eigenvalue weighted by Crippen LogP contribution is 2.41. The highest BCUT2D eigenvalue weighted by Gasteiger charge is 2.22. The van der Waals surface area contributed by atoms with E-state index < -0.39 is 0 Å². The summed E-state index contributed by atoms with van der Waals surface area (Å²) in [6.45, 7) is 0. The third-order valence-corrected chi connectivity index (χ3v) is 7.40. The Morgan fingerprint density at radius 1 is 1.27 bits per heavy atom. The minimum absolute atomic E-state index is 0.0262. The van der Waals surface area contributed by atoms with Crippen LogP contribution in [0.25, 0.3) is 10.2 Å². The summed E-state index contributed by atoms with van der Waals surface area (Å²) in [5.74, 6) is 0.308. The van der Waals surface area contributed by atoms with Crippen LogP contribution in [-0.4, -0.2) is 27.9 Å². The van der Waals surface area contributed by atoms with Gasteiger partial charge in [0.2, 0.25) is 5.91 Å². The molecule has 0 atom stereocenters. The van der Waals surface area contributed by atoms with Gasteiger partial charge in [-0.15, -0.1) is 11.3 Å². The fourth-order valence-electron chi connectivity index (χ4n) is 3.00. The molecule has 2 aromatic heterocycles. The van der Waals surface area contributed by atoms with Crippen LogP contribution in [0.4, 0.5) is 5.69 Å². The number of thiophene rings is 1. The van der Waals surface area contributed by atoms with Crippen molar-refractivity contribution in [2.24, 2.45) is 0 Å². The van der Waals surface area contributed by atoms with Gasteiger partial charge in [-0.05, 0) is 55.3 Å². The Bertz CT molecular complexity index is 972. The largest absolute Gasteiger partial charge is 0.325 e. The van der Waals surface area contributed by atoms with Crippen LogP contribution in [0.1, 0.15) is 16.9 Å². The third kappa shape index (κ3) is 3.78. The van der Waals surface area contributed by atoms with Gasteiger partial charge in [0.15, 0.2) is 5.16 Å². The Morgan fingerprint density at radius 3 is 2.85 bits per heavy atom. The summed E-state index contributed by atoms with van der Waals surface area (Å²) in [4.78, 5) is 24.2. The number of thioether (sulfide) groups is 2. The summed E-state index contributed by atoms with van der Waals surface area (Å²) in [7, 11) is 0. The van der Waals surface area contributed by atoms with Crippen LogP contribution in [0.5, 0.6) is 0 Å². The molecule has 1 N–H and O–H groups in total. The highest BCUT2D eigenvalue weighted by atomic mass is 79.9. The number of aryl methyl sites for hydroxylation is 2. The molecule has 4 nitrogen and oxygen atoms in total. The Morgan fingerprint density at radius 2 is 2.08 bits per heavy atom. The molecule has 0 saturated heterocycles. The fourth-order valence-corrected chi connectivity index (χ4v) is 5.93. The number of amides is 1. The number of fused-ring (bicyclic) bond motifs is 3. The lowest BCUT2D eigenvalue weighted by Crippen LogP contribution is -2.14. The van der Waals surface area contributed by atoms with Crippen molar-refractivity contribution in [3.05, 3.63) is 39.2 Å². The number of nitrogens with one attached hydrogen (secondary N) is 1. The molecule has 1 aromatic carbocycles. The summed E-state index contributed by atoms with van der Waals surface area (Å²) < 4.78 is 0.990. The van der Waals surface area contributed by atoms with Crippen LogP contribution in [0.2, 0.25) is 0 Å². The van der Waals surface area contributed by atoms with Gasteiger partial charge >= 0.3 is 0 Å². The van der Waals surface area contributed by atoms with Crippen molar-refractivity contribution in [3.63, 3.8) is 0 Å². The van der Waals surface area contributed by atoms with Crippen LogP contribution >= 0.6 is 50.8 Å². The van der Waals surface area contributed by atoms with Crippen LogP contribution in [0.15, 0.2) is 38.9 Å². The second kappa shape index (κ2) is 7.88. The van der Waals surface area contributed by atoms with Gasteiger partial charge in [0.05, 0.1) is 5.75 Å². The van der Waals surface area contributed by atoms with E-state index in [0.29, 0.717) is 5.75 Å². The Hall–Kier alpha value is -1.09. The Balaban J connectivity index is 1.54. The third-order valence-electron chi connectivity index (χ3n) is 4.16. The molecule has 134 valence electrons. The molecule has 4 rings (SSSR count). The van der Waals surface area contributed by atoms with Gasteiger partial charge in [0, 0.05) is 20.4 Å². The van der Waals surface area contributed by atoms with Gasteiger partial charge < -0.3 is 5.32 Å². The number of halogens is 1. The van der Waals surface area contributed by atoms with E-state index in [1.54, 1.807) is 23.1 Å². The molecule has 0 unspecified atom stereocenters. The predicted octanol–water partition coefficient (Wildman–Crippen LogP) is 5.40. The summed E-state index contributed by atoms with van der Waals surface area (Å²) in [5, 5.41) is 5.81. The van der Waals surface area contributed by atoms with Gasteiger partial charge in [-0.25, -0.2) is 9.97 Å². The molecule has 3 aromatic rings. The monoisotopic (exact) mass is 465 g/mol. The maximum absolute atomic E-state index is 12.3. The second-order valence-electron chi connectivity index (χ2n) is 5.90. The van der Waals surface area contributed by atoms with Gasteiger partial charge in [-0.2, -0.15) is 0 Å². The smallest absolute Gasteiger partial charge is 0.234 e.